The van der Waals surface area contributed by atoms with E-state index in [1.165, 1.54) is 6.07 Å². The maximum Gasteiger partial charge on any atom is 0.224 e. The highest BCUT2D eigenvalue weighted by atomic mass is 32.1. The lowest BCUT2D eigenvalue weighted by molar-refractivity contribution is -0.122. The van der Waals surface area contributed by atoms with E-state index in [0.717, 1.165) is 39.3 Å². The highest BCUT2D eigenvalue weighted by molar-refractivity contribution is 7.22. The summed E-state index contributed by atoms with van der Waals surface area (Å²) in [4.78, 5) is 18.3. The molecule has 3 aromatic rings. The van der Waals surface area contributed by atoms with Crippen LogP contribution in [0.5, 0.6) is 0 Å². The summed E-state index contributed by atoms with van der Waals surface area (Å²) < 4.78 is 15.3. The van der Waals surface area contributed by atoms with Gasteiger partial charge >= 0.3 is 0 Å². The lowest BCUT2D eigenvalue weighted by Crippen LogP contribution is -2.36. The van der Waals surface area contributed by atoms with Gasteiger partial charge in [-0.25, -0.2) is 9.37 Å². The number of aryl methyl sites for hydroxylation is 1. The van der Waals surface area contributed by atoms with Gasteiger partial charge in [0.05, 0.1) is 16.9 Å². The van der Waals surface area contributed by atoms with Gasteiger partial charge in [-0.15, -0.1) is 0 Å². The van der Waals surface area contributed by atoms with Crippen LogP contribution in [0.15, 0.2) is 36.4 Å². The minimum Gasteiger partial charge on any atom is -0.338 e. The largest absolute Gasteiger partial charge is 0.338 e. The smallest absolute Gasteiger partial charge is 0.224 e. The van der Waals surface area contributed by atoms with Crippen molar-refractivity contribution < 1.29 is 9.18 Å². The molecular weight excluding hydrogens is 349 g/mol. The van der Waals surface area contributed by atoms with Gasteiger partial charge in [-0.2, -0.15) is 0 Å². The van der Waals surface area contributed by atoms with E-state index >= 15 is 0 Å². The molecule has 0 aliphatic heterocycles. The van der Waals surface area contributed by atoms with Crippen molar-refractivity contribution in [3.8, 4) is 11.1 Å². The Kier molecular flexibility index (Phi) is 4.36. The Hall–Kier alpha value is -2.47. The minimum absolute atomic E-state index is 0.121. The highest BCUT2D eigenvalue weighted by Gasteiger charge is 2.29. The summed E-state index contributed by atoms with van der Waals surface area (Å²) in [6.45, 7) is 2.35. The van der Waals surface area contributed by atoms with Gasteiger partial charge in [0.1, 0.15) is 5.82 Å². The number of fused-ring (bicyclic) bond motifs is 1. The zero-order valence-electron chi connectivity index (χ0n) is 14.8. The van der Waals surface area contributed by atoms with Crippen molar-refractivity contribution in [3.63, 3.8) is 0 Å². The Morgan fingerprint density at radius 1 is 1.35 bits per heavy atom. The predicted octanol–water partition coefficient (Wildman–Crippen LogP) is 4.33. The number of anilines is 1. The zero-order valence-corrected chi connectivity index (χ0v) is 15.6. The molecule has 6 heteroatoms. The van der Waals surface area contributed by atoms with Crippen molar-refractivity contribution >= 4 is 32.6 Å². The number of nitrogens with zero attached hydrogens (tertiary/aromatic N) is 2. The molecule has 0 unspecified atom stereocenters. The molecule has 26 heavy (non-hydrogen) atoms. The molecule has 134 valence electrons. The first-order valence-corrected chi connectivity index (χ1v) is 9.49. The van der Waals surface area contributed by atoms with Gasteiger partial charge in [0, 0.05) is 18.5 Å². The molecule has 1 aliphatic rings. The SMILES string of the molecule is Cc1cccc(F)c1-c1ccc2nc(N(C)CNC(=O)C3CC3)sc2c1. The van der Waals surface area contributed by atoms with Crippen molar-refractivity contribution in [1.29, 1.82) is 0 Å². The molecule has 0 radical (unpaired) electrons. The van der Waals surface area contributed by atoms with Crippen molar-refractivity contribution in [2.75, 3.05) is 18.6 Å². The molecule has 1 saturated carbocycles. The van der Waals surface area contributed by atoms with Crippen LogP contribution in [0.4, 0.5) is 9.52 Å². The van der Waals surface area contributed by atoms with E-state index in [-0.39, 0.29) is 17.6 Å². The number of halogens is 1. The van der Waals surface area contributed by atoms with Crippen LogP contribution in [0, 0.1) is 18.7 Å². The minimum atomic E-state index is -0.214. The number of rotatable bonds is 5. The van der Waals surface area contributed by atoms with Crippen molar-refractivity contribution in [2.45, 2.75) is 19.8 Å². The molecule has 4 nitrogen and oxygen atoms in total. The fraction of sp³-hybridized carbons (Fsp3) is 0.300. The van der Waals surface area contributed by atoms with E-state index in [0.29, 0.717) is 12.2 Å². The summed E-state index contributed by atoms with van der Waals surface area (Å²) in [6, 6.07) is 10.9. The van der Waals surface area contributed by atoms with Gasteiger partial charge in [0.2, 0.25) is 5.91 Å². The third-order valence-electron chi connectivity index (χ3n) is 4.65. The molecule has 4 rings (SSSR count). The second-order valence-electron chi connectivity index (χ2n) is 6.78. The summed E-state index contributed by atoms with van der Waals surface area (Å²) in [7, 11) is 1.91. The first kappa shape index (κ1) is 17.0. The van der Waals surface area contributed by atoms with E-state index in [2.05, 4.69) is 10.3 Å². The standard InChI is InChI=1S/C20H20FN3OS/c1-12-4-3-5-15(21)18(12)14-8-9-16-17(10-14)26-20(23-16)24(2)11-22-19(25)13-6-7-13/h3-5,8-10,13H,6-7,11H2,1-2H3,(H,22,25). The monoisotopic (exact) mass is 369 g/mol. The number of nitrogens with one attached hydrogen (secondary N) is 1. The zero-order chi connectivity index (χ0) is 18.3. The van der Waals surface area contributed by atoms with Gasteiger partial charge < -0.3 is 10.2 Å². The fourth-order valence-corrected chi connectivity index (χ4v) is 3.95. The Morgan fingerprint density at radius 2 is 2.15 bits per heavy atom. The quantitative estimate of drug-likeness (QED) is 0.681. The third-order valence-corrected chi connectivity index (χ3v) is 5.79. The Morgan fingerprint density at radius 3 is 2.88 bits per heavy atom. The summed E-state index contributed by atoms with van der Waals surface area (Å²) in [5.74, 6) is 0.106. The van der Waals surface area contributed by atoms with E-state index < -0.39 is 0 Å². The van der Waals surface area contributed by atoms with Crippen molar-refractivity contribution in [1.82, 2.24) is 10.3 Å². The van der Waals surface area contributed by atoms with Gasteiger partial charge in [-0.05, 0) is 49.1 Å². The third kappa shape index (κ3) is 3.29. The summed E-state index contributed by atoms with van der Waals surface area (Å²) in [5, 5.41) is 3.78. The number of benzene rings is 2. The fourth-order valence-electron chi connectivity index (χ4n) is 2.98. The van der Waals surface area contributed by atoms with Crippen LogP contribution in [-0.2, 0) is 4.79 Å². The number of carbonyl (C=O) groups is 1. The maximum absolute atomic E-state index is 14.3. The first-order chi connectivity index (χ1) is 12.5. The van der Waals surface area contributed by atoms with E-state index in [1.807, 2.05) is 43.1 Å². The topological polar surface area (TPSA) is 45.2 Å². The molecule has 1 amide bonds. The van der Waals surface area contributed by atoms with Crippen LogP contribution in [0.25, 0.3) is 21.3 Å². The second-order valence-corrected chi connectivity index (χ2v) is 7.79. The maximum atomic E-state index is 14.3. The number of amides is 1. The normalized spacial score (nSPS) is 13.8. The van der Waals surface area contributed by atoms with Crippen LogP contribution in [-0.4, -0.2) is 24.6 Å². The van der Waals surface area contributed by atoms with E-state index in [1.54, 1.807) is 17.4 Å². The van der Waals surface area contributed by atoms with E-state index in [9.17, 15) is 9.18 Å². The molecule has 2 aromatic carbocycles. The van der Waals surface area contributed by atoms with E-state index in [4.69, 9.17) is 0 Å². The second kappa shape index (κ2) is 6.68. The number of thiazole rings is 1. The van der Waals surface area contributed by atoms with Gasteiger partial charge in [-0.1, -0.05) is 29.5 Å². The molecule has 1 fully saturated rings. The molecule has 1 heterocycles. The number of carbonyl (C=O) groups excluding carboxylic acids is 1. The number of hydrogen-bond donors (Lipinski definition) is 1. The Bertz CT molecular complexity index is 960. The average Bonchev–Trinajstić information content (AvgIpc) is 3.38. The summed E-state index contributed by atoms with van der Waals surface area (Å²) in [6.07, 6.45) is 1.99. The summed E-state index contributed by atoms with van der Waals surface area (Å²) in [5.41, 5.74) is 3.28. The van der Waals surface area contributed by atoms with Crippen LogP contribution in [0.1, 0.15) is 18.4 Å². The highest BCUT2D eigenvalue weighted by Crippen LogP contribution is 2.34. The number of hydrogen-bond acceptors (Lipinski definition) is 4. The van der Waals surface area contributed by atoms with Crippen molar-refractivity contribution in [2.24, 2.45) is 5.92 Å². The van der Waals surface area contributed by atoms with Crippen LogP contribution in [0.2, 0.25) is 0 Å². The molecule has 1 N–H and O–H groups in total. The first-order valence-electron chi connectivity index (χ1n) is 8.68. The number of aromatic nitrogens is 1. The molecule has 1 aliphatic carbocycles. The Labute approximate surface area is 155 Å². The molecule has 0 atom stereocenters. The van der Waals surface area contributed by atoms with Crippen LogP contribution in [0.3, 0.4) is 0 Å². The molecule has 0 bridgehead atoms. The lowest BCUT2D eigenvalue weighted by atomic mass is 10.00. The predicted molar refractivity (Wildman–Crippen MR) is 104 cm³/mol. The molecular formula is C20H20FN3OS. The lowest BCUT2D eigenvalue weighted by Gasteiger charge is -2.16. The average molecular weight is 369 g/mol. The summed E-state index contributed by atoms with van der Waals surface area (Å²) >= 11 is 1.54. The molecule has 0 saturated heterocycles. The molecule has 0 spiro atoms. The van der Waals surface area contributed by atoms with Gasteiger partial charge in [0.15, 0.2) is 5.13 Å². The van der Waals surface area contributed by atoms with Crippen LogP contribution < -0.4 is 10.2 Å². The van der Waals surface area contributed by atoms with Gasteiger partial charge in [-0.3, -0.25) is 4.79 Å². The molecule has 1 aromatic heterocycles. The van der Waals surface area contributed by atoms with Crippen LogP contribution >= 0.6 is 11.3 Å². The van der Waals surface area contributed by atoms with Gasteiger partial charge in [0.25, 0.3) is 0 Å². The Balaban J connectivity index is 1.58. The van der Waals surface area contributed by atoms with Crippen molar-refractivity contribution in [3.05, 3.63) is 47.8 Å².